The summed E-state index contributed by atoms with van der Waals surface area (Å²) in [6.07, 6.45) is 11.1. The van der Waals surface area contributed by atoms with Gasteiger partial charge in [-0.2, -0.15) is 0 Å². The van der Waals surface area contributed by atoms with Crippen molar-refractivity contribution in [2.75, 3.05) is 20.2 Å². The lowest BCUT2D eigenvalue weighted by molar-refractivity contribution is -0.125. The van der Waals surface area contributed by atoms with Crippen LogP contribution >= 0.6 is 0 Å². The Morgan fingerprint density at radius 2 is 2.00 bits per heavy atom. The molecule has 0 N–H and O–H groups in total. The van der Waals surface area contributed by atoms with Crippen molar-refractivity contribution in [2.45, 2.75) is 58.0 Å². The first-order valence-corrected chi connectivity index (χ1v) is 7.13. The number of rotatable bonds is 9. The summed E-state index contributed by atoms with van der Waals surface area (Å²) in [4.78, 5) is 13.5. The first kappa shape index (κ1) is 15.2. The number of likely N-dealkylation sites (N-methyl/N-ethyl adjacent to an activating group) is 1. The predicted octanol–water partition coefficient (Wildman–Crippen LogP) is 3.15. The third-order valence-electron chi connectivity index (χ3n) is 3.32. The van der Waals surface area contributed by atoms with Crippen molar-refractivity contribution >= 4 is 5.91 Å². The molecule has 1 heterocycles. The van der Waals surface area contributed by atoms with Crippen molar-refractivity contribution in [3.05, 3.63) is 12.2 Å². The molecule has 0 aliphatic carbocycles. The third-order valence-corrected chi connectivity index (χ3v) is 3.32. The van der Waals surface area contributed by atoms with Crippen molar-refractivity contribution < 1.29 is 9.53 Å². The first-order chi connectivity index (χ1) is 8.57. The lowest BCUT2D eigenvalue weighted by Gasteiger charge is -2.17. The van der Waals surface area contributed by atoms with Gasteiger partial charge in [0.15, 0.2) is 0 Å². The number of unbranched alkanes of at least 4 members (excludes halogenated alkanes) is 5. The molecule has 0 radical (unpaired) electrons. The highest BCUT2D eigenvalue weighted by molar-refractivity contribution is 5.87. The molecule has 0 aromatic rings. The number of hydrogen-bond acceptors (Lipinski definition) is 2. The van der Waals surface area contributed by atoms with Crippen molar-refractivity contribution in [1.82, 2.24) is 4.90 Å². The van der Waals surface area contributed by atoms with Gasteiger partial charge in [-0.3, -0.25) is 4.79 Å². The Kier molecular flexibility index (Phi) is 6.41. The molecule has 1 aliphatic rings. The quantitative estimate of drug-likeness (QED) is 0.359. The van der Waals surface area contributed by atoms with E-state index in [1.807, 2.05) is 20.0 Å². The highest BCUT2D eigenvalue weighted by Crippen LogP contribution is 2.26. The fourth-order valence-corrected chi connectivity index (χ4v) is 1.97. The van der Waals surface area contributed by atoms with E-state index in [9.17, 15) is 4.79 Å². The summed E-state index contributed by atoms with van der Waals surface area (Å²) < 4.78 is 5.28. The zero-order chi connectivity index (χ0) is 13.4. The second-order valence-electron chi connectivity index (χ2n) is 5.54. The molecule has 0 spiro atoms. The number of carbonyl (C=O) groups excluding carboxylic acids is 1. The number of amides is 1. The normalized spacial score (nSPS) is 22.4. The summed E-state index contributed by atoms with van der Waals surface area (Å²) in [6.45, 7) is 5.71. The second kappa shape index (κ2) is 7.57. The topological polar surface area (TPSA) is 32.8 Å². The van der Waals surface area contributed by atoms with Crippen LogP contribution < -0.4 is 0 Å². The van der Waals surface area contributed by atoms with Crippen LogP contribution in [0.3, 0.4) is 0 Å². The fourth-order valence-electron chi connectivity index (χ4n) is 1.97. The monoisotopic (exact) mass is 253 g/mol. The van der Waals surface area contributed by atoms with Gasteiger partial charge < -0.3 is 9.64 Å². The van der Waals surface area contributed by atoms with Gasteiger partial charge in [0.2, 0.25) is 5.91 Å². The molecule has 0 aromatic carbocycles. The molecule has 104 valence electrons. The van der Waals surface area contributed by atoms with Gasteiger partial charge in [-0.15, -0.1) is 0 Å². The molecule has 0 aromatic heterocycles. The lowest BCUT2D eigenvalue weighted by atomic mass is 10.1. The van der Waals surface area contributed by atoms with E-state index in [-0.39, 0.29) is 11.5 Å². The summed E-state index contributed by atoms with van der Waals surface area (Å²) in [5.41, 5.74) is -0.0849. The van der Waals surface area contributed by atoms with Crippen LogP contribution in [0.4, 0.5) is 0 Å². The summed E-state index contributed by atoms with van der Waals surface area (Å²) >= 11 is 0. The molecule has 1 aliphatic heterocycles. The standard InChI is InChI=1S/C15H27NO2/c1-4-5-6-7-8-9-10-11-14(17)16(3)12-15(2)13-18-15/h10-11H,4-9,12-13H2,1-3H3. The van der Waals surface area contributed by atoms with E-state index < -0.39 is 0 Å². The molecule has 3 nitrogen and oxygen atoms in total. The fraction of sp³-hybridized carbons (Fsp3) is 0.800. The van der Waals surface area contributed by atoms with E-state index in [0.717, 1.165) is 13.0 Å². The van der Waals surface area contributed by atoms with Crippen LogP contribution in [0, 0.1) is 0 Å². The van der Waals surface area contributed by atoms with E-state index >= 15 is 0 Å². The largest absolute Gasteiger partial charge is 0.368 e. The van der Waals surface area contributed by atoms with Crippen molar-refractivity contribution in [3.8, 4) is 0 Å². The van der Waals surface area contributed by atoms with E-state index in [2.05, 4.69) is 6.92 Å². The van der Waals surface area contributed by atoms with Crippen LogP contribution in [-0.4, -0.2) is 36.6 Å². The van der Waals surface area contributed by atoms with Gasteiger partial charge in [0.25, 0.3) is 0 Å². The third kappa shape index (κ3) is 6.20. The highest BCUT2D eigenvalue weighted by atomic mass is 16.6. The number of ether oxygens (including phenoxy) is 1. The maximum absolute atomic E-state index is 11.8. The summed E-state index contributed by atoms with van der Waals surface area (Å²) in [7, 11) is 1.83. The number of carbonyl (C=O) groups is 1. The minimum absolute atomic E-state index is 0.0836. The maximum Gasteiger partial charge on any atom is 0.246 e. The Bertz CT molecular complexity index is 282. The van der Waals surface area contributed by atoms with Crippen LogP contribution in [-0.2, 0) is 9.53 Å². The zero-order valence-corrected chi connectivity index (χ0v) is 12.1. The molecule has 1 amide bonds. The number of epoxide rings is 1. The molecule has 1 fully saturated rings. The van der Waals surface area contributed by atoms with Gasteiger partial charge in [-0.05, 0) is 25.8 Å². The minimum Gasteiger partial charge on any atom is -0.368 e. The Labute approximate surface area is 111 Å². The maximum atomic E-state index is 11.8. The molecule has 3 heteroatoms. The number of allylic oxidation sites excluding steroid dienone is 1. The molecular formula is C15H27NO2. The molecule has 18 heavy (non-hydrogen) atoms. The van der Waals surface area contributed by atoms with Crippen LogP contribution in [0.5, 0.6) is 0 Å². The van der Waals surface area contributed by atoms with Gasteiger partial charge in [-0.1, -0.05) is 38.7 Å². The second-order valence-corrected chi connectivity index (χ2v) is 5.54. The van der Waals surface area contributed by atoms with Gasteiger partial charge >= 0.3 is 0 Å². The molecule has 1 saturated heterocycles. The number of hydrogen-bond donors (Lipinski definition) is 0. The molecule has 0 bridgehead atoms. The molecular weight excluding hydrogens is 226 g/mol. The Hall–Kier alpha value is -0.830. The molecule has 1 unspecified atom stereocenters. The summed E-state index contributed by atoms with van der Waals surface area (Å²) in [5, 5.41) is 0. The van der Waals surface area contributed by atoms with Crippen LogP contribution in [0.2, 0.25) is 0 Å². The average molecular weight is 253 g/mol. The van der Waals surface area contributed by atoms with Crippen molar-refractivity contribution in [1.29, 1.82) is 0 Å². The predicted molar refractivity (Wildman–Crippen MR) is 74.5 cm³/mol. The minimum atomic E-state index is -0.0849. The van der Waals surface area contributed by atoms with Gasteiger partial charge in [0.05, 0.1) is 13.2 Å². The molecule has 1 rings (SSSR count). The molecule has 0 saturated carbocycles. The highest BCUT2D eigenvalue weighted by Gasteiger charge is 2.40. The van der Waals surface area contributed by atoms with Gasteiger partial charge in [0, 0.05) is 7.05 Å². The summed E-state index contributed by atoms with van der Waals surface area (Å²) in [5.74, 6) is 0.0836. The zero-order valence-electron chi connectivity index (χ0n) is 12.1. The average Bonchev–Trinajstić information content (AvgIpc) is 3.05. The summed E-state index contributed by atoms with van der Waals surface area (Å²) in [6, 6.07) is 0. The molecule has 1 atom stereocenters. The van der Waals surface area contributed by atoms with Crippen LogP contribution in [0.15, 0.2) is 12.2 Å². The smallest absolute Gasteiger partial charge is 0.246 e. The van der Waals surface area contributed by atoms with Gasteiger partial charge in [-0.25, -0.2) is 0 Å². The van der Waals surface area contributed by atoms with E-state index in [4.69, 9.17) is 4.74 Å². The SMILES string of the molecule is CCCCCCCC=CC(=O)N(C)CC1(C)CO1. The van der Waals surface area contributed by atoms with Gasteiger partial charge in [0.1, 0.15) is 5.60 Å². The lowest BCUT2D eigenvalue weighted by Crippen LogP contribution is -2.33. The van der Waals surface area contributed by atoms with Crippen LogP contribution in [0.25, 0.3) is 0 Å². The van der Waals surface area contributed by atoms with E-state index in [1.165, 1.54) is 32.1 Å². The number of nitrogens with zero attached hydrogens (tertiary/aromatic N) is 1. The van der Waals surface area contributed by atoms with Crippen molar-refractivity contribution in [2.24, 2.45) is 0 Å². The Morgan fingerprint density at radius 3 is 2.61 bits per heavy atom. The first-order valence-electron chi connectivity index (χ1n) is 7.13. The van der Waals surface area contributed by atoms with Crippen LogP contribution in [0.1, 0.15) is 52.4 Å². The Morgan fingerprint density at radius 1 is 1.33 bits per heavy atom. The van der Waals surface area contributed by atoms with E-state index in [1.54, 1.807) is 11.0 Å². The van der Waals surface area contributed by atoms with Crippen molar-refractivity contribution in [3.63, 3.8) is 0 Å². The Balaban J connectivity index is 2.07. The van der Waals surface area contributed by atoms with E-state index in [0.29, 0.717) is 6.54 Å².